The van der Waals surface area contributed by atoms with Crippen LogP contribution in [0, 0.1) is 0 Å². The molecule has 0 aliphatic carbocycles. The number of esters is 1. The fraction of sp³-hybridized carbons (Fsp3) is 0.444. The first kappa shape index (κ1) is 20.8. The number of rotatable bonds is 9. The molecule has 1 amide bonds. The average Bonchev–Trinajstić information content (AvgIpc) is 2.58. The predicted octanol–water partition coefficient (Wildman–Crippen LogP) is 3.22. The summed E-state index contributed by atoms with van der Waals surface area (Å²) in [4.78, 5) is 23.3. The van der Waals surface area contributed by atoms with Gasteiger partial charge in [-0.1, -0.05) is 18.5 Å². The maximum absolute atomic E-state index is 11.7. The number of nitrogens with one attached hydrogen (secondary N) is 1. The van der Waals surface area contributed by atoms with Gasteiger partial charge in [-0.05, 0) is 44.0 Å². The first-order chi connectivity index (χ1) is 11.9. The monoisotopic (exact) mass is 369 g/mol. The number of benzene rings is 1. The molecule has 25 heavy (non-hydrogen) atoms. The predicted molar refractivity (Wildman–Crippen MR) is 97.1 cm³/mol. The van der Waals surface area contributed by atoms with Gasteiger partial charge in [-0.25, -0.2) is 4.79 Å². The fourth-order valence-corrected chi connectivity index (χ4v) is 2.21. The van der Waals surface area contributed by atoms with Gasteiger partial charge < -0.3 is 19.5 Å². The molecule has 0 saturated carbocycles. The second-order valence-corrected chi connectivity index (χ2v) is 5.69. The van der Waals surface area contributed by atoms with E-state index in [2.05, 4.69) is 5.32 Å². The summed E-state index contributed by atoms with van der Waals surface area (Å²) in [5.74, 6) is -0.0326. The van der Waals surface area contributed by atoms with Crippen molar-refractivity contribution in [3.8, 4) is 11.5 Å². The Labute approximate surface area is 153 Å². The van der Waals surface area contributed by atoms with Crippen molar-refractivity contribution in [2.45, 2.75) is 33.2 Å². The van der Waals surface area contributed by atoms with E-state index in [-0.39, 0.29) is 18.6 Å². The molecular weight excluding hydrogens is 346 g/mol. The minimum atomic E-state index is -0.621. The highest BCUT2D eigenvalue weighted by Crippen LogP contribution is 2.36. The molecule has 1 atom stereocenters. The number of hydrogen-bond acceptors (Lipinski definition) is 5. The van der Waals surface area contributed by atoms with Crippen LogP contribution in [0.5, 0.6) is 11.5 Å². The molecule has 1 N–H and O–H groups in total. The van der Waals surface area contributed by atoms with E-state index >= 15 is 0 Å². The van der Waals surface area contributed by atoms with E-state index in [1.807, 2.05) is 20.8 Å². The summed E-state index contributed by atoms with van der Waals surface area (Å²) in [7, 11) is 1.50. The smallest absolute Gasteiger partial charge is 0.331 e. The van der Waals surface area contributed by atoms with Crippen LogP contribution in [0.3, 0.4) is 0 Å². The number of hydrogen-bond donors (Lipinski definition) is 1. The number of halogens is 1. The maximum atomic E-state index is 11.7. The summed E-state index contributed by atoms with van der Waals surface area (Å²) in [6, 6.07) is 3.39. The molecule has 0 bridgehead atoms. The Kier molecular flexibility index (Phi) is 8.84. The van der Waals surface area contributed by atoms with Crippen LogP contribution in [0.2, 0.25) is 5.02 Å². The van der Waals surface area contributed by atoms with Crippen molar-refractivity contribution in [3.63, 3.8) is 0 Å². The molecule has 1 aromatic carbocycles. The summed E-state index contributed by atoms with van der Waals surface area (Å²) >= 11 is 6.14. The van der Waals surface area contributed by atoms with E-state index < -0.39 is 5.97 Å². The van der Waals surface area contributed by atoms with Gasteiger partial charge in [-0.15, -0.1) is 0 Å². The molecule has 7 heteroatoms. The van der Waals surface area contributed by atoms with Gasteiger partial charge in [0.1, 0.15) is 0 Å². The molecule has 0 unspecified atom stereocenters. The molecule has 6 nitrogen and oxygen atoms in total. The summed E-state index contributed by atoms with van der Waals surface area (Å²) in [5.41, 5.74) is 0.648. The van der Waals surface area contributed by atoms with Gasteiger partial charge in [0.05, 0.1) is 18.7 Å². The second kappa shape index (κ2) is 10.6. The third-order valence-electron chi connectivity index (χ3n) is 3.31. The second-order valence-electron chi connectivity index (χ2n) is 5.28. The zero-order valence-electron chi connectivity index (χ0n) is 14.9. The van der Waals surface area contributed by atoms with Crippen LogP contribution >= 0.6 is 11.6 Å². The molecule has 138 valence electrons. The van der Waals surface area contributed by atoms with Crippen molar-refractivity contribution in [1.82, 2.24) is 5.32 Å². The van der Waals surface area contributed by atoms with Crippen LogP contribution in [0.15, 0.2) is 18.2 Å². The summed E-state index contributed by atoms with van der Waals surface area (Å²) in [6.07, 6.45) is 3.56. The number of carbonyl (C=O) groups is 2. The molecule has 0 heterocycles. The molecule has 0 aliphatic heterocycles. The lowest BCUT2D eigenvalue weighted by Crippen LogP contribution is -2.35. The normalized spacial score (nSPS) is 11.9. The SMILES string of the molecule is CCOc1cc(/C=C/C(=O)OCC(=O)N[C@@H](C)CC)cc(Cl)c1OC. The molecule has 0 fully saturated rings. The third-order valence-corrected chi connectivity index (χ3v) is 3.59. The Morgan fingerprint density at radius 2 is 2.04 bits per heavy atom. The lowest BCUT2D eigenvalue weighted by Gasteiger charge is -2.12. The number of amides is 1. The summed E-state index contributed by atoms with van der Waals surface area (Å²) in [5, 5.41) is 3.08. The van der Waals surface area contributed by atoms with E-state index in [9.17, 15) is 9.59 Å². The van der Waals surface area contributed by atoms with Crippen LogP contribution in [-0.4, -0.2) is 38.2 Å². The van der Waals surface area contributed by atoms with Gasteiger partial charge in [0.2, 0.25) is 0 Å². The van der Waals surface area contributed by atoms with Crippen LogP contribution < -0.4 is 14.8 Å². The lowest BCUT2D eigenvalue weighted by molar-refractivity contribution is -0.144. The zero-order chi connectivity index (χ0) is 18.8. The van der Waals surface area contributed by atoms with Crippen molar-refractivity contribution >= 4 is 29.6 Å². The molecule has 0 aromatic heterocycles. The summed E-state index contributed by atoms with van der Waals surface area (Å²) < 4.78 is 15.6. The maximum Gasteiger partial charge on any atom is 0.331 e. The van der Waals surface area contributed by atoms with Crippen molar-refractivity contribution in [3.05, 3.63) is 28.8 Å². The highest BCUT2D eigenvalue weighted by molar-refractivity contribution is 6.32. The third kappa shape index (κ3) is 7.05. The molecule has 1 rings (SSSR count). The Balaban J connectivity index is 2.68. The molecular formula is C18H24ClNO5. The van der Waals surface area contributed by atoms with Crippen LogP contribution in [-0.2, 0) is 14.3 Å². The van der Waals surface area contributed by atoms with Crippen molar-refractivity contribution in [2.75, 3.05) is 20.3 Å². The van der Waals surface area contributed by atoms with E-state index in [0.717, 1.165) is 6.42 Å². The topological polar surface area (TPSA) is 73.9 Å². The quantitative estimate of drug-likeness (QED) is 0.534. The van der Waals surface area contributed by atoms with E-state index in [1.54, 1.807) is 12.1 Å². The van der Waals surface area contributed by atoms with E-state index in [4.69, 9.17) is 25.8 Å². The standard InChI is InChI=1S/C18H24ClNO5/c1-5-12(3)20-16(21)11-25-17(22)8-7-13-9-14(19)18(23-4)15(10-13)24-6-2/h7-10,12H,5-6,11H2,1-4H3,(H,20,21)/b8-7+/t12-/m0/s1. The molecule has 1 aromatic rings. The number of ether oxygens (including phenoxy) is 3. The molecule has 0 radical (unpaired) electrons. The average molecular weight is 370 g/mol. The van der Waals surface area contributed by atoms with E-state index in [1.165, 1.54) is 19.3 Å². The van der Waals surface area contributed by atoms with Crippen molar-refractivity contribution in [2.24, 2.45) is 0 Å². The fourth-order valence-electron chi connectivity index (χ4n) is 1.91. The molecule has 0 saturated heterocycles. The first-order valence-electron chi connectivity index (χ1n) is 8.05. The summed E-state index contributed by atoms with van der Waals surface area (Å²) in [6.45, 7) is 5.81. The Morgan fingerprint density at radius 3 is 2.64 bits per heavy atom. The van der Waals surface area contributed by atoms with Gasteiger partial charge in [0.15, 0.2) is 18.1 Å². The Bertz CT molecular complexity index is 630. The largest absolute Gasteiger partial charge is 0.491 e. The van der Waals surface area contributed by atoms with Crippen LogP contribution in [0.4, 0.5) is 0 Å². The zero-order valence-corrected chi connectivity index (χ0v) is 15.7. The first-order valence-corrected chi connectivity index (χ1v) is 8.43. The van der Waals surface area contributed by atoms with Crippen molar-refractivity contribution in [1.29, 1.82) is 0 Å². The number of methoxy groups -OCH3 is 1. The van der Waals surface area contributed by atoms with E-state index in [0.29, 0.717) is 28.7 Å². The number of carbonyl (C=O) groups excluding carboxylic acids is 2. The Hall–Kier alpha value is -2.21. The van der Waals surface area contributed by atoms with Gasteiger partial charge >= 0.3 is 5.97 Å². The molecule has 0 aliphatic rings. The van der Waals surface area contributed by atoms with Gasteiger partial charge in [-0.3, -0.25) is 4.79 Å². The molecule has 0 spiro atoms. The van der Waals surface area contributed by atoms with Crippen LogP contribution in [0.25, 0.3) is 6.08 Å². The van der Waals surface area contributed by atoms with Gasteiger partial charge in [0, 0.05) is 12.1 Å². The minimum Gasteiger partial charge on any atom is -0.491 e. The van der Waals surface area contributed by atoms with Crippen LogP contribution in [0.1, 0.15) is 32.8 Å². The van der Waals surface area contributed by atoms with Crippen molar-refractivity contribution < 1.29 is 23.8 Å². The van der Waals surface area contributed by atoms with Gasteiger partial charge in [0.25, 0.3) is 5.91 Å². The minimum absolute atomic E-state index is 0.0418. The lowest BCUT2D eigenvalue weighted by atomic mass is 10.2. The highest BCUT2D eigenvalue weighted by Gasteiger charge is 2.11. The Morgan fingerprint density at radius 1 is 1.32 bits per heavy atom. The van der Waals surface area contributed by atoms with Gasteiger partial charge in [-0.2, -0.15) is 0 Å². The highest BCUT2D eigenvalue weighted by atomic mass is 35.5.